The number of anilines is 1. The SMILES string of the molecule is CCNC(=NCCC(=O)N1CCN(c2ncccn2)CC1)N(C)CCc1cccs1.I. The number of carbonyl (C=O) groups excluding carboxylic acids is 1. The molecule has 0 aliphatic carbocycles. The zero-order valence-electron chi connectivity index (χ0n) is 18.2. The van der Waals surface area contributed by atoms with Crippen molar-refractivity contribution in [2.75, 3.05) is 57.8 Å². The smallest absolute Gasteiger partial charge is 0.225 e. The van der Waals surface area contributed by atoms with Crippen LogP contribution in [0.4, 0.5) is 5.95 Å². The molecule has 1 fully saturated rings. The van der Waals surface area contributed by atoms with Gasteiger partial charge in [-0.05, 0) is 30.9 Å². The van der Waals surface area contributed by atoms with Gasteiger partial charge in [0.1, 0.15) is 0 Å². The standard InChI is InChI=1S/C21H31N7OS.HI/c1-3-22-20(26(2)12-8-18-6-4-17-30-18)25-11-7-19(29)27-13-15-28(16-14-27)21-23-9-5-10-24-21;/h4-6,9-10,17H,3,7-8,11-16H2,1-2H3,(H,22,25);1H. The van der Waals surface area contributed by atoms with Crippen LogP contribution in [0, 0.1) is 0 Å². The van der Waals surface area contributed by atoms with Crippen LogP contribution in [0.2, 0.25) is 0 Å². The van der Waals surface area contributed by atoms with Gasteiger partial charge in [0.05, 0.1) is 6.54 Å². The van der Waals surface area contributed by atoms with Crippen LogP contribution >= 0.6 is 35.3 Å². The van der Waals surface area contributed by atoms with Crippen molar-refractivity contribution in [3.05, 3.63) is 40.8 Å². The van der Waals surface area contributed by atoms with Crippen LogP contribution in [0.1, 0.15) is 18.2 Å². The van der Waals surface area contributed by atoms with E-state index in [-0.39, 0.29) is 29.9 Å². The van der Waals surface area contributed by atoms with Crippen molar-refractivity contribution in [3.63, 3.8) is 0 Å². The molecule has 8 nitrogen and oxygen atoms in total. The third-order valence-corrected chi connectivity index (χ3v) is 5.96. The molecule has 2 aromatic rings. The topological polar surface area (TPSA) is 77.0 Å². The van der Waals surface area contributed by atoms with Crippen LogP contribution < -0.4 is 10.2 Å². The van der Waals surface area contributed by atoms with Gasteiger partial charge >= 0.3 is 0 Å². The Morgan fingerprint density at radius 1 is 1.23 bits per heavy atom. The maximum Gasteiger partial charge on any atom is 0.225 e. The molecule has 0 radical (unpaired) electrons. The van der Waals surface area contributed by atoms with Gasteiger partial charge in [0.15, 0.2) is 5.96 Å². The van der Waals surface area contributed by atoms with Gasteiger partial charge in [0.2, 0.25) is 11.9 Å². The molecule has 0 bridgehead atoms. The fraction of sp³-hybridized carbons (Fsp3) is 0.524. The molecule has 2 aromatic heterocycles. The molecule has 0 atom stereocenters. The van der Waals surface area contributed by atoms with E-state index in [0.29, 0.717) is 26.1 Å². The van der Waals surface area contributed by atoms with E-state index in [2.05, 4.69) is 54.5 Å². The number of nitrogens with zero attached hydrogens (tertiary/aromatic N) is 6. The van der Waals surface area contributed by atoms with E-state index in [1.807, 2.05) is 18.0 Å². The zero-order chi connectivity index (χ0) is 21.2. The Labute approximate surface area is 205 Å². The van der Waals surface area contributed by atoms with Crippen molar-refractivity contribution in [1.82, 2.24) is 25.1 Å². The highest BCUT2D eigenvalue weighted by molar-refractivity contribution is 14.0. The number of thiophene rings is 1. The Balaban J connectivity index is 0.00000341. The highest BCUT2D eigenvalue weighted by Crippen LogP contribution is 2.11. The van der Waals surface area contributed by atoms with Gasteiger partial charge < -0.3 is 20.0 Å². The lowest BCUT2D eigenvalue weighted by Crippen LogP contribution is -2.49. The molecule has 1 aliphatic heterocycles. The minimum Gasteiger partial charge on any atom is -0.357 e. The summed E-state index contributed by atoms with van der Waals surface area (Å²) in [7, 11) is 2.04. The number of likely N-dealkylation sites (N-methyl/N-ethyl adjacent to an activating group) is 1. The van der Waals surface area contributed by atoms with Crippen LogP contribution in [-0.2, 0) is 11.2 Å². The quantitative estimate of drug-likeness (QED) is 0.305. The summed E-state index contributed by atoms with van der Waals surface area (Å²) in [5.74, 6) is 1.74. The average Bonchev–Trinajstić information content (AvgIpc) is 3.31. The molecule has 0 aromatic carbocycles. The number of hydrogen-bond acceptors (Lipinski definition) is 6. The number of rotatable bonds is 8. The van der Waals surface area contributed by atoms with E-state index in [0.717, 1.165) is 44.5 Å². The van der Waals surface area contributed by atoms with Gasteiger partial charge in [-0.1, -0.05) is 6.07 Å². The molecule has 3 rings (SSSR count). The van der Waals surface area contributed by atoms with Gasteiger partial charge in [0.25, 0.3) is 0 Å². The van der Waals surface area contributed by atoms with Gasteiger partial charge in [-0.3, -0.25) is 9.79 Å². The Morgan fingerprint density at radius 3 is 2.61 bits per heavy atom. The molecule has 1 saturated heterocycles. The summed E-state index contributed by atoms with van der Waals surface area (Å²) >= 11 is 1.78. The first-order valence-corrected chi connectivity index (χ1v) is 11.4. The number of aromatic nitrogens is 2. The monoisotopic (exact) mass is 557 g/mol. The van der Waals surface area contributed by atoms with Gasteiger partial charge in [-0.25, -0.2) is 9.97 Å². The van der Waals surface area contributed by atoms with E-state index in [1.54, 1.807) is 23.7 Å². The van der Waals surface area contributed by atoms with Crippen LogP contribution in [0.5, 0.6) is 0 Å². The summed E-state index contributed by atoms with van der Waals surface area (Å²) in [5, 5.41) is 5.43. The van der Waals surface area contributed by atoms with E-state index in [9.17, 15) is 4.79 Å². The molecular weight excluding hydrogens is 525 g/mol. The number of piperazine rings is 1. The van der Waals surface area contributed by atoms with E-state index in [1.165, 1.54) is 4.88 Å². The third kappa shape index (κ3) is 7.91. The van der Waals surface area contributed by atoms with Gasteiger partial charge in [-0.2, -0.15) is 0 Å². The predicted molar refractivity (Wildman–Crippen MR) is 137 cm³/mol. The number of guanidine groups is 1. The minimum absolute atomic E-state index is 0. The van der Waals surface area contributed by atoms with E-state index in [4.69, 9.17) is 0 Å². The summed E-state index contributed by atoms with van der Waals surface area (Å²) in [5.41, 5.74) is 0. The lowest BCUT2D eigenvalue weighted by Gasteiger charge is -2.34. The summed E-state index contributed by atoms with van der Waals surface area (Å²) < 4.78 is 0. The zero-order valence-corrected chi connectivity index (χ0v) is 21.4. The highest BCUT2D eigenvalue weighted by atomic mass is 127. The van der Waals surface area contributed by atoms with E-state index >= 15 is 0 Å². The van der Waals surface area contributed by atoms with Crippen molar-refractivity contribution in [2.24, 2.45) is 4.99 Å². The molecule has 31 heavy (non-hydrogen) atoms. The number of halogens is 1. The van der Waals surface area contributed by atoms with Crippen LogP contribution in [-0.4, -0.2) is 84.5 Å². The minimum atomic E-state index is 0. The second-order valence-corrected chi connectivity index (χ2v) is 8.19. The maximum absolute atomic E-state index is 12.6. The molecule has 0 spiro atoms. The van der Waals surface area contributed by atoms with E-state index < -0.39 is 0 Å². The molecule has 0 unspecified atom stereocenters. The summed E-state index contributed by atoms with van der Waals surface area (Å²) in [6, 6.07) is 6.05. The maximum atomic E-state index is 12.6. The van der Waals surface area contributed by atoms with Gasteiger partial charge in [0, 0.05) is 70.0 Å². The van der Waals surface area contributed by atoms with Crippen molar-refractivity contribution in [1.29, 1.82) is 0 Å². The lowest BCUT2D eigenvalue weighted by molar-refractivity contribution is -0.131. The molecule has 1 amide bonds. The first kappa shape index (κ1) is 25.3. The van der Waals surface area contributed by atoms with Crippen LogP contribution in [0.15, 0.2) is 41.0 Å². The fourth-order valence-corrected chi connectivity index (χ4v) is 4.03. The first-order valence-electron chi connectivity index (χ1n) is 10.5. The fourth-order valence-electron chi connectivity index (χ4n) is 3.33. The molecule has 170 valence electrons. The Kier molecular flexibility index (Phi) is 11.0. The summed E-state index contributed by atoms with van der Waals surface area (Å²) in [6.07, 6.45) is 4.91. The number of carbonyl (C=O) groups is 1. The lowest BCUT2D eigenvalue weighted by atomic mass is 10.3. The summed E-state index contributed by atoms with van der Waals surface area (Å²) in [6.45, 7) is 7.16. The largest absolute Gasteiger partial charge is 0.357 e. The number of aliphatic imine (C=N–C) groups is 1. The second kappa shape index (κ2) is 13.5. The Hall–Kier alpha value is -1.95. The molecular formula is C21H32IN7OS. The molecule has 3 heterocycles. The van der Waals surface area contributed by atoms with Crippen molar-refractivity contribution >= 4 is 53.1 Å². The predicted octanol–water partition coefficient (Wildman–Crippen LogP) is 2.33. The first-order chi connectivity index (χ1) is 14.7. The van der Waals surface area contributed by atoms with Gasteiger partial charge in [-0.15, -0.1) is 35.3 Å². The number of hydrogen-bond donors (Lipinski definition) is 1. The van der Waals surface area contributed by atoms with Crippen molar-refractivity contribution in [2.45, 2.75) is 19.8 Å². The summed E-state index contributed by atoms with van der Waals surface area (Å²) in [4.78, 5) is 33.4. The highest BCUT2D eigenvalue weighted by Gasteiger charge is 2.22. The molecule has 0 saturated carbocycles. The molecule has 1 aliphatic rings. The Bertz CT molecular complexity index is 795. The molecule has 1 N–H and O–H groups in total. The van der Waals surface area contributed by atoms with Crippen molar-refractivity contribution in [3.8, 4) is 0 Å². The second-order valence-electron chi connectivity index (χ2n) is 7.15. The van der Waals surface area contributed by atoms with Crippen LogP contribution in [0.3, 0.4) is 0 Å². The molecule has 10 heteroatoms. The number of nitrogens with one attached hydrogen (secondary N) is 1. The third-order valence-electron chi connectivity index (χ3n) is 5.02. The average molecular weight is 558 g/mol. The number of amides is 1. The van der Waals surface area contributed by atoms with Crippen molar-refractivity contribution < 1.29 is 4.79 Å². The normalized spacial score (nSPS) is 14.2. The Morgan fingerprint density at radius 2 is 1.97 bits per heavy atom. The van der Waals surface area contributed by atoms with Crippen LogP contribution in [0.25, 0.3) is 0 Å².